The van der Waals surface area contributed by atoms with Crippen LogP contribution in [0.3, 0.4) is 0 Å². The van der Waals surface area contributed by atoms with Crippen molar-refractivity contribution in [1.82, 2.24) is 0 Å². The average Bonchev–Trinajstić information content (AvgIpc) is 2.23. The van der Waals surface area contributed by atoms with Gasteiger partial charge in [0.25, 0.3) is 0 Å². The highest BCUT2D eigenvalue weighted by Gasteiger charge is 2.06. The van der Waals surface area contributed by atoms with E-state index in [0.29, 0.717) is 5.92 Å². The van der Waals surface area contributed by atoms with Crippen LogP contribution in [0.4, 0.5) is 17.6 Å². The summed E-state index contributed by atoms with van der Waals surface area (Å²) in [4.78, 5) is 0. The quantitative estimate of drug-likeness (QED) is 0.311. The predicted octanol–water partition coefficient (Wildman–Crippen LogP) is 3.33. The molecule has 0 spiro atoms. The smallest absolute Gasteiger partial charge is 0.211 e. The Kier molecular flexibility index (Phi) is 11.4. The fourth-order valence-corrected chi connectivity index (χ4v) is 5.71. The zero-order chi connectivity index (χ0) is 13.1. The van der Waals surface area contributed by atoms with E-state index in [1.54, 1.807) is 0 Å². The summed E-state index contributed by atoms with van der Waals surface area (Å²) in [5.74, 6) is 0.624. The molecule has 0 aliphatic rings. The number of alkyl halides is 4. The zero-order valence-corrected chi connectivity index (χ0v) is 13.4. The summed E-state index contributed by atoms with van der Waals surface area (Å²) in [5, 5.41) is 0. The highest BCUT2D eigenvalue weighted by molar-refractivity contribution is 6.36. The molecule has 0 aliphatic carbocycles. The van der Waals surface area contributed by atoms with Gasteiger partial charge in [-0.1, -0.05) is 37.5 Å². The Morgan fingerprint density at radius 1 is 0.765 bits per heavy atom. The van der Waals surface area contributed by atoms with E-state index in [-0.39, 0.29) is 31.9 Å². The van der Waals surface area contributed by atoms with Crippen molar-refractivity contribution in [2.75, 3.05) is 0 Å². The molecule has 0 saturated heterocycles. The van der Waals surface area contributed by atoms with Gasteiger partial charge in [-0.25, -0.2) is 17.6 Å². The third kappa shape index (κ3) is 14.1. The lowest BCUT2D eigenvalue weighted by atomic mass is 10.2. The molecule has 0 heterocycles. The number of halogens is 4. The van der Waals surface area contributed by atoms with E-state index in [1.165, 1.54) is 0 Å². The molecule has 0 amide bonds. The van der Waals surface area contributed by atoms with E-state index in [2.05, 4.69) is 6.92 Å². The molecule has 6 heteroatoms. The van der Waals surface area contributed by atoms with Gasteiger partial charge in [-0.05, 0) is 5.92 Å². The Labute approximate surface area is 106 Å². The minimum atomic E-state index is -2.14. The Bertz CT molecular complexity index is 168. The van der Waals surface area contributed by atoms with Crippen molar-refractivity contribution in [2.24, 2.45) is 5.92 Å². The molecule has 0 rings (SSSR count). The summed E-state index contributed by atoms with van der Waals surface area (Å²) in [5.41, 5.74) is 0. The van der Waals surface area contributed by atoms with Crippen molar-refractivity contribution in [2.45, 2.75) is 63.2 Å². The van der Waals surface area contributed by atoms with E-state index in [1.807, 2.05) is 0 Å². The van der Waals surface area contributed by atoms with Crippen LogP contribution in [-0.4, -0.2) is 31.9 Å². The lowest BCUT2D eigenvalue weighted by molar-refractivity contribution is 0.143. The molecule has 1 atom stereocenters. The molecule has 0 aromatic heterocycles. The first kappa shape index (κ1) is 17.2. The predicted molar refractivity (Wildman–Crippen MR) is 71.3 cm³/mol. The molecule has 0 bridgehead atoms. The van der Waals surface area contributed by atoms with Crippen molar-refractivity contribution >= 4 is 19.0 Å². The normalized spacial score (nSPS) is 15.0. The summed E-state index contributed by atoms with van der Waals surface area (Å²) in [7, 11) is -0.616. The first-order valence-corrected chi connectivity index (χ1v) is 10.6. The molecule has 0 radical (unpaired) electrons. The molecule has 0 fully saturated rings. The van der Waals surface area contributed by atoms with Crippen LogP contribution in [0.15, 0.2) is 0 Å². The van der Waals surface area contributed by atoms with Crippen molar-refractivity contribution < 1.29 is 17.6 Å². The Hall–Kier alpha value is 0.154. The number of hydrogen-bond donors (Lipinski definition) is 0. The van der Waals surface area contributed by atoms with Gasteiger partial charge in [0.15, 0.2) is 0 Å². The number of hydrogen-bond acceptors (Lipinski definition) is 0. The lowest BCUT2D eigenvalue weighted by Crippen LogP contribution is -2.04. The van der Waals surface area contributed by atoms with Crippen LogP contribution in [0, 0.1) is 5.92 Å². The van der Waals surface area contributed by atoms with E-state index < -0.39 is 12.9 Å². The van der Waals surface area contributed by atoms with Gasteiger partial charge in [-0.2, -0.15) is 0 Å². The SMILES string of the molecule is CC(CC[SiH2]CCC(F)F)C[SiH2]CCC(F)F. The Balaban J connectivity index is 3.20. The van der Waals surface area contributed by atoms with Gasteiger partial charge in [0.05, 0.1) is 0 Å². The molecule has 0 saturated carbocycles. The maximum Gasteiger partial charge on any atom is 0.238 e. The molecule has 0 N–H and O–H groups in total. The van der Waals surface area contributed by atoms with Crippen molar-refractivity contribution in [3.63, 3.8) is 0 Å². The zero-order valence-electron chi connectivity index (χ0n) is 10.6. The molecular weight excluding hydrogens is 264 g/mol. The van der Waals surface area contributed by atoms with Gasteiger partial charge < -0.3 is 0 Å². The van der Waals surface area contributed by atoms with E-state index in [9.17, 15) is 17.6 Å². The van der Waals surface area contributed by atoms with Crippen LogP contribution in [-0.2, 0) is 0 Å². The second kappa shape index (κ2) is 11.3. The molecular formula is C11H24F4Si2. The van der Waals surface area contributed by atoms with Crippen molar-refractivity contribution in [3.8, 4) is 0 Å². The van der Waals surface area contributed by atoms with Crippen molar-refractivity contribution in [3.05, 3.63) is 0 Å². The Morgan fingerprint density at radius 3 is 1.76 bits per heavy atom. The first-order valence-electron chi connectivity index (χ1n) is 6.58. The Morgan fingerprint density at radius 2 is 1.24 bits per heavy atom. The standard InChI is InChI=1S/C11H24F4Si2/c1-9(8-17-7-4-11(14)15)2-5-16-6-3-10(12)13/h9-11H,2-8,16-17H2,1H3. The van der Waals surface area contributed by atoms with Gasteiger partial charge in [0, 0.05) is 31.9 Å². The monoisotopic (exact) mass is 288 g/mol. The molecule has 0 nitrogen and oxygen atoms in total. The summed E-state index contributed by atoms with van der Waals surface area (Å²) in [6.07, 6.45) is -3.01. The fraction of sp³-hybridized carbons (Fsp3) is 1.00. The van der Waals surface area contributed by atoms with E-state index in [0.717, 1.165) is 30.6 Å². The summed E-state index contributed by atoms with van der Waals surface area (Å²) in [6.45, 7) is 2.16. The lowest BCUT2D eigenvalue weighted by Gasteiger charge is -2.10. The largest absolute Gasteiger partial charge is 0.238 e. The molecule has 0 aromatic rings. The molecule has 0 aliphatic heterocycles. The molecule has 0 aromatic carbocycles. The van der Waals surface area contributed by atoms with Crippen LogP contribution in [0.2, 0.25) is 24.2 Å². The van der Waals surface area contributed by atoms with Crippen LogP contribution >= 0.6 is 0 Å². The summed E-state index contributed by atoms with van der Waals surface area (Å²) >= 11 is 0. The minimum absolute atomic E-state index is 0.0715. The maximum atomic E-state index is 11.9. The maximum absolute atomic E-state index is 11.9. The highest BCUT2D eigenvalue weighted by Crippen LogP contribution is 2.14. The van der Waals surface area contributed by atoms with Crippen LogP contribution < -0.4 is 0 Å². The molecule has 1 unspecified atom stereocenters. The third-order valence-corrected chi connectivity index (χ3v) is 7.11. The topological polar surface area (TPSA) is 0 Å². The van der Waals surface area contributed by atoms with E-state index >= 15 is 0 Å². The molecule has 17 heavy (non-hydrogen) atoms. The molecule has 104 valence electrons. The van der Waals surface area contributed by atoms with Crippen LogP contribution in [0.5, 0.6) is 0 Å². The fourth-order valence-electron chi connectivity index (χ4n) is 1.90. The van der Waals surface area contributed by atoms with Crippen LogP contribution in [0.1, 0.15) is 26.2 Å². The number of rotatable bonds is 11. The van der Waals surface area contributed by atoms with Gasteiger partial charge in [0.2, 0.25) is 12.9 Å². The first-order chi connectivity index (χ1) is 8.02. The third-order valence-electron chi connectivity index (χ3n) is 2.99. The van der Waals surface area contributed by atoms with Crippen LogP contribution in [0.25, 0.3) is 0 Å². The second-order valence-electron chi connectivity index (χ2n) is 4.81. The summed E-state index contributed by atoms with van der Waals surface area (Å²) < 4.78 is 47.5. The van der Waals surface area contributed by atoms with Crippen molar-refractivity contribution in [1.29, 1.82) is 0 Å². The average molecular weight is 288 g/mol. The van der Waals surface area contributed by atoms with Gasteiger partial charge in [0.1, 0.15) is 0 Å². The summed E-state index contributed by atoms with van der Waals surface area (Å²) in [6, 6.07) is 3.76. The minimum Gasteiger partial charge on any atom is -0.211 e. The second-order valence-corrected chi connectivity index (χ2v) is 8.92. The van der Waals surface area contributed by atoms with E-state index in [4.69, 9.17) is 0 Å². The van der Waals surface area contributed by atoms with Gasteiger partial charge in [-0.15, -0.1) is 0 Å². The highest BCUT2D eigenvalue weighted by atomic mass is 28.2. The van der Waals surface area contributed by atoms with Gasteiger partial charge in [-0.3, -0.25) is 0 Å². The van der Waals surface area contributed by atoms with Gasteiger partial charge >= 0.3 is 0 Å².